The van der Waals surface area contributed by atoms with Gasteiger partial charge in [0, 0.05) is 10.6 Å². The predicted molar refractivity (Wildman–Crippen MR) is 96.1 cm³/mol. The van der Waals surface area contributed by atoms with Crippen LogP contribution in [0.1, 0.15) is 11.3 Å². The molecule has 5 heteroatoms. The van der Waals surface area contributed by atoms with E-state index in [-0.39, 0.29) is 23.5 Å². The van der Waals surface area contributed by atoms with Crippen LogP contribution in [0.3, 0.4) is 0 Å². The maximum Gasteiger partial charge on any atom is 0.241 e. The molecule has 0 bridgehead atoms. The molecule has 0 spiro atoms. The van der Waals surface area contributed by atoms with Gasteiger partial charge in [-0.2, -0.15) is 0 Å². The Morgan fingerprint density at radius 1 is 1.16 bits per heavy atom. The number of hydrogen-bond acceptors (Lipinski definition) is 3. The smallest absolute Gasteiger partial charge is 0.241 e. The Morgan fingerprint density at radius 2 is 2.04 bits per heavy atom. The molecule has 0 N–H and O–H groups in total. The highest BCUT2D eigenvalue weighted by Crippen LogP contribution is 2.38. The molecule has 1 aliphatic heterocycles. The highest BCUT2D eigenvalue weighted by atomic mass is 32.2. The second kappa shape index (κ2) is 6.76. The van der Waals surface area contributed by atoms with Crippen LogP contribution < -0.4 is 4.90 Å². The van der Waals surface area contributed by atoms with Crippen molar-refractivity contribution in [3.8, 4) is 0 Å². The lowest BCUT2D eigenvalue weighted by Crippen LogP contribution is -2.37. The molecule has 1 aromatic heterocycles. The first kappa shape index (κ1) is 16.0. The Kier molecular flexibility index (Phi) is 4.32. The maximum atomic E-state index is 13.7. The van der Waals surface area contributed by atoms with E-state index < -0.39 is 0 Å². The van der Waals surface area contributed by atoms with Gasteiger partial charge in [0.15, 0.2) is 0 Å². The number of furan rings is 1. The molecular weight excluding hydrogens is 337 g/mol. The van der Waals surface area contributed by atoms with Crippen LogP contribution in [0.4, 0.5) is 10.1 Å². The fourth-order valence-corrected chi connectivity index (χ4v) is 4.25. The molecule has 0 saturated carbocycles. The number of hydrogen-bond donors (Lipinski definition) is 0. The fourth-order valence-electron chi connectivity index (χ4n) is 2.99. The number of thioether (sulfide) groups is 1. The monoisotopic (exact) mass is 353 g/mol. The lowest BCUT2D eigenvalue weighted by atomic mass is 10.1. The number of carbonyl (C=O) groups excluding carboxylic acids is 1. The van der Waals surface area contributed by atoms with Gasteiger partial charge in [-0.15, -0.1) is 11.8 Å². The summed E-state index contributed by atoms with van der Waals surface area (Å²) in [5, 5.41) is -0.212. The Bertz CT molecular complexity index is 869. The second-order valence-electron chi connectivity index (χ2n) is 5.90. The van der Waals surface area contributed by atoms with E-state index in [1.54, 1.807) is 41.1 Å². The quantitative estimate of drug-likeness (QED) is 0.683. The average molecular weight is 353 g/mol. The minimum absolute atomic E-state index is 0.0387. The fraction of sp³-hybridized carbons (Fsp3) is 0.150. The number of anilines is 1. The van der Waals surface area contributed by atoms with Gasteiger partial charge in [-0.3, -0.25) is 4.79 Å². The number of fused-ring (bicyclic) bond motifs is 1. The van der Waals surface area contributed by atoms with Crippen molar-refractivity contribution in [1.29, 1.82) is 0 Å². The highest BCUT2D eigenvalue weighted by Gasteiger charge is 2.32. The van der Waals surface area contributed by atoms with Crippen LogP contribution in [0.15, 0.2) is 76.2 Å². The van der Waals surface area contributed by atoms with Gasteiger partial charge >= 0.3 is 0 Å². The van der Waals surface area contributed by atoms with E-state index in [4.69, 9.17) is 4.42 Å². The first-order valence-electron chi connectivity index (χ1n) is 8.04. The summed E-state index contributed by atoms with van der Waals surface area (Å²) in [5.74, 6) is 0.262. The summed E-state index contributed by atoms with van der Waals surface area (Å²) in [6.45, 7) is 0.280. The summed E-state index contributed by atoms with van der Waals surface area (Å²) < 4.78 is 19.1. The van der Waals surface area contributed by atoms with Gasteiger partial charge in [-0.25, -0.2) is 4.39 Å². The third kappa shape index (κ3) is 3.33. The second-order valence-corrected chi connectivity index (χ2v) is 7.15. The Labute approximate surface area is 149 Å². The van der Waals surface area contributed by atoms with E-state index in [0.29, 0.717) is 17.9 Å². The lowest BCUT2D eigenvalue weighted by Gasteiger charge is -2.24. The summed E-state index contributed by atoms with van der Waals surface area (Å²) in [6, 6.07) is 17.8. The van der Waals surface area contributed by atoms with Crippen molar-refractivity contribution in [3.05, 3.63) is 84.1 Å². The minimum Gasteiger partial charge on any atom is -0.467 e. The van der Waals surface area contributed by atoms with E-state index in [9.17, 15) is 9.18 Å². The molecule has 0 unspecified atom stereocenters. The Morgan fingerprint density at radius 3 is 2.80 bits per heavy atom. The topological polar surface area (TPSA) is 33.5 Å². The van der Waals surface area contributed by atoms with Gasteiger partial charge in [-0.1, -0.05) is 24.3 Å². The van der Waals surface area contributed by atoms with Crippen molar-refractivity contribution < 1.29 is 13.6 Å². The summed E-state index contributed by atoms with van der Waals surface area (Å²) >= 11 is 1.57. The van der Waals surface area contributed by atoms with Crippen LogP contribution in [0.5, 0.6) is 0 Å². The lowest BCUT2D eigenvalue weighted by molar-refractivity contribution is -0.118. The molecule has 2 aromatic carbocycles. The maximum absolute atomic E-state index is 13.7. The Hall–Kier alpha value is -2.53. The number of carbonyl (C=O) groups is 1. The summed E-state index contributed by atoms with van der Waals surface area (Å²) in [6.07, 6.45) is 2.26. The molecule has 1 atom stereocenters. The number of rotatable bonds is 4. The van der Waals surface area contributed by atoms with Gasteiger partial charge in [0.2, 0.25) is 5.91 Å². The van der Waals surface area contributed by atoms with Crippen molar-refractivity contribution >= 4 is 23.4 Å². The molecule has 0 aliphatic carbocycles. The Balaban J connectivity index is 1.63. The molecule has 4 rings (SSSR count). The van der Waals surface area contributed by atoms with Crippen molar-refractivity contribution in [2.75, 3.05) is 4.90 Å². The van der Waals surface area contributed by atoms with Crippen LogP contribution in [-0.4, -0.2) is 11.2 Å². The van der Waals surface area contributed by atoms with Gasteiger partial charge in [0.1, 0.15) is 11.6 Å². The van der Waals surface area contributed by atoms with E-state index in [1.165, 1.54) is 17.7 Å². The first-order valence-corrected chi connectivity index (χ1v) is 8.92. The largest absolute Gasteiger partial charge is 0.467 e. The van der Waals surface area contributed by atoms with Crippen molar-refractivity contribution in [2.24, 2.45) is 0 Å². The minimum atomic E-state index is -0.364. The van der Waals surface area contributed by atoms with Crippen molar-refractivity contribution in [3.63, 3.8) is 0 Å². The first-order chi connectivity index (χ1) is 12.2. The van der Waals surface area contributed by atoms with Crippen molar-refractivity contribution in [2.45, 2.75) is 23.1 Å². The summed E-state index contributed by atoms with van der Waals surface area (Å²) in [7, 11) is 0. The summed E-state index contributed by atoms with van der Waals surface area (Å²) in [5.41, 5.74) is 1.72. The zero-order valence-corrected chi connectivity index (χ0v) is 14.2. The molecule has 25 heavy (non-hydrogen) atoms. The third-order valence-electron chi connectivity index (χ3n) is 4.20. The van der Waals surface area contributed by atoms with Gasteiger partial charge < -0.3 is 9.32 Å². The number of benzene rings is 2. The third-order valence-corrected chi connectivity index (χ3v) is 5.51. The van der Waals surface area contributed by atoms with E-state index in [0.717, 1.165) is 4.90 Å². The number of halogens is 1. The van der Waals surface area contributed by atoms with Gasteiger partial charge in [0.05, 0.1) is 18.1 Å². The zero-order valence-electron chi connectivity index (χ0n) is 13.4. The van der Waals surface area contributed by atoms with E-state index in [2.05, 4.69) is 6.07 Å². The van der Waals surface area contributed by atoms with Crippen LogP contribution in [0.25, 0.3) is 0 Å². The standard InChI is InChI=1S/C20H16FNO2S/c21-15-6-3-7-16(12-15)22(13-17-8-4-10-24-17)20(23)19-11-14-5-1-2-9-18(14)25-19/h1-10,12,19H,11,13H2/t19-/m0/s1. The number of nitrogens with zero attached hydrogens (tertiary/aromatic N) is 1. The molecule has 0 radical (unpaired) electrons. The number of amides is 1. The molecule has 2 heterocycles. The highest BCUT2D eigenvalue weighted by molar-refractivity contribution is 8.01. The molecule has 3 nitrogen and oxygen atoms in total. The van der Waals surface area contributed by atoms with Gasteiger partial charge in [-0.05, 0) is 48.4 Å². The molecule has 126 valence electrons. The zero-order chi connectivity index (χ0) is 17.2. The molecule has 3 aromatic rings. The normalized spacial score (nSPS) is 15.8. The average Bonchev–Trinajstić information content (AvgIpc) is 3.28. The van der Waals surface area contributed by atoms with Crippen LogP contribution in [0.2, 0.25) is 0 Å². The molecule has 1 amide bonds. The molecule has 0 fully saturated rings. The van der Waals surface area contributed by atoms with Gasteiger partial charge in [0.25, 0.3) is 0 Å². The molecule has 0 saturated heterocycles. The van der Waals surface area contributed by atoms with E-state index >= 15 is 0 Å². The van der Waals surface area contributed by atoms with Crippen molar-refractivity contribution in [1.82, 2.24) is 0 Å². The van der Waals surface area contributed by atoms with Crippen LogP contribution in [0, 0.1) is 5.82 Å². The van der Waals surface area contributed by atoms with E-state index in [1.807, 2.05) is 24.3 Å². The van der Waals surface area contributed by atoms with Crippen LogP contribution in [-0.2, 0) is 17.8 Å². The predicted octanol–water partition coefficient (Wildman–Crippen LogP) is 4.67. The van der Waals surface area contributed by atoms with Crippen LogP contribution >= 0.6 is 11.8 Å². The SMILES string of the molecule is O=C([C@@H]1Cc2ccccc2S1)N(Cc1ccco1)c1cccc(F)c1. The molecular formula is C20H16FNO2S. The summed E-state index contributed by atoms with van der Waals surface area (Å²) in [4.78, 5) is 15.9. The molecule has 1 aliphatic rings.